The van der Waals surface area contributed by atoms with Gasteiger partial charge in [0.25, 0.3) is 5.91 Å². The first-order chi connectivity index (χ1) is 19.5. The topological polar surface area (TPSA) is 106 Å². The first kappa shape index (κ1) is 24.9. The van der Waals surface area contributed by atoms with Crippen LogP contribution >= 0.6 is 0 Å². The van der Waals surface area contributed by atoms with Crippen LogP contribution < -0.4 is 15.5 Å². The smallest absolute Gasteiger partial charge is 0.257 e. The summed E-state index contributed by atoms with van der Waals surface area (Å²) in [5.41, 5.74) is 5.79. The van der Waals surface area contributed by atoms with Gasteiger partial charge in [-0.1, -0.05) is 12.1 Å². The van der Waals surface area contributed by atoms with Gasteiger partial charge < -0.3 is 25.4 Å². The lowest BCUT2D eigenvalue weighted by Gasteiger charge is -2.34. The molecule has 204 valence electrons. The minimum atomic E-state index is -0.232. The Morgan fingerprint density at radius 3 is 2.58 bits per heavy atom. The summed E-state index contributed by atoms with van der Waals surface area (Å²) in [6.45, 7) is 5.77. The van der Waals surface area contributed by atoms with Gasteiger partial charge in [0.1, 0.15) is 11.5 Å². The highest BCUT2D eigenvalue weighted by atomic mass is 16.1. The van der Waals surface area contributed by atoms with Gasteiger partial charge in [0, 0.05) is 66.9 Å². The fraction of sp³-hybridized carbons (Fsp3) is 0.355. The SMILES string of the molecule is CN1CCN(c2ccc(NC(=O)c3cnc4[nH]cc(-c5ccc6c(c5)C5(CCNCC5)CC6=O)c4c3)cn2)CC1. The second-order valence-corrected chi connectivity index (χ2v) is 11.4. The number of pyridine rings is 2. The number of ketones is 1. The van der Waals surface area contributed by atoms with E-state index in [9.17, 15) is 9.59 Å². The molecule has 1 aromatic carbocycles. The zero-order valence-corrected chi connectivity index (χ0v) is 22.7. The summed E-state index contributed by atoms with van der Waals surface area (Å²) in [7, 11) is 2.13. The summed E-state index contributed by atoms with van der Waals surface area (Å²) >= 11 is 0. The highest BCUT2D eigenvalue weighted by molar-refractivity contribution is 6.07. The number of aromatic amines is 1. The average Bonchev–Trinajstić information content (AvgIpc) is 3.52. The molecule has 0 radical (unpaired) electrons. The molecule has 9 heteroatoms. The standard InChI is InChI=1S/C31H33N7O2/c1-37-10-12-38(13-11-37)28-5-3-22(18-33-28)36-30(40)21-14-24-25(19-35-29(24)34-17-21)20-2-4-23-26(15-20)31(16-27(23)39)6-8-32-9-7-31/h2-5,14-15,17-19,32H,6-13,16H2,1H3,(H,34,35)(H,36,40). The summed E-state index contributed by atoms with van der Waals surface area (Å²) < 4.78 is 0. The van der Waals surface area contributed by atoms with Crippen molar-refractivity contribution in [3.63, 3.8) is 0 Å². The number of H-pyrrole nitrogens is 1. The normalized spacial score (nSPS) is 18.8. The van der Waals surface area contributed by atoms with E-state index in [2.05, 4.69) is 48.5 Å². The lowest BCUT2D eigenvalue weighted by Crippen LogP contribution is -2.44. The summed E-state index contributed by atoms with van der Waals surface area (Å²) in [5, 5.41) is 7.27. The van der Waals surface area contributed by atoms with Crippen LogP contribution in [0.3, 0.4) is 0 Å². The fourth-order valence-corrected chi connectivity index (χ4v) is 6.50. The predicted octanol–water partition coefficient (Wildman–Crippen LogP) is 3.84. The third-order valence-corrected chi connectivity index (χ3v) is 8.89. The number of piperidine rings is 1. The quantitative estimate of drug-likeness (QED) is 0.365. The molecular formula is C31H33N7O2. The molecule has 5 heterocycles. The van der Waals surface area contributed by atoms with Gasteiger partial charge in [0.15, 0.2) is 5.78 Å². The number of benzene rings is 1. The highest BCUT2D eigenvalue weighted by Gasteiger charge is 2.43. The van der Waals surface area contributed by atoms with Crippen molar-refractivity contribution in [3.05, 3.63) is 71.7 Å². The van der Waals surface area contributed by atoms with Crippen LogP contribution in [0.1, 0.15) is 45.5 Å². The molecule has 0 saturated carbocycles. The zero-order chi connectivity index (χ0) is 27.3. The van der Waals surface area contributed by atoms with Crippen LogP contribution in [0.2, 0.25) is 0 Å². The van der Waals surface area contributed by atoms with E-state index < -0.39 is 0 Å². The van der Waals surface area contributed by atoms with E-state index in [0.29, 0.717) is 17.7 Å². The summed E-state index contributed by atoms with van der Waals surface area (Å²) in [6.07, 6.45) is 7.78. The zero-order valence-electron chi connectivity index (χ0n) is 22.7. The van der Waals surface area contributed by atoms with E-state index in [-0.39, 0.29) is 17.1 Å². The van der Waals surface area contributed by atoms with Gasteiger partial charge in [-0.05, 0) is 68.4 Å². The maximum atomic E-state index is 13.2. The van der Waals surface area contributed by atoms with Gasteiger partial charge in [0.05, 0.1) is 17.4 Å². The van der Waals surface area contributed by atoms with Crippen LogP contribution in [0.4, 0.5) is 11.5 Å². The Morgan fingerprint density at radius 1 is 0.975 bits per heavy atom. The minimum absolute atomic E-state index is 0.0724. The number of nitrogens with one attached hydrogen (secondary N) is 3. The molecule has 3 aliphatic rings. The second-order valence-electron chi connectivity index (χ2n) is 11.4. The number of rotatable bonds is 4. The van der Waals surface area contributed by atoms with E-state index in [1.807, 2.05) is 36.5 Å². The Hall–Kier alpha value is -4.08. The van der Waals surface area contributed by atoms with Crippen molar-refractivity contribution >= 4 is 34.2 Å². The van der Waals surface area contributed by atoms with Crippen LogP contribution in [-0.4, -0.2) is 77.9 Å². The molecule has 4 aromatic rings. The molecule has 3 aromatic heterocycles. The number of nitrogens with zero attached hydrogens (tertiary/aromatic N) is 4. The number of piperazine rings is 1. The van der Waals surface area contributed by atoms with Crippen LogP contribution in [0.25, 0.3) is 22.2 Å². The van der Waals surface area contributed by atoms with Crippen molar-refractivity contribution in [3.8, 4) is 11.1 Å². The molecule has 0 bridgehead atoms. The summed E-state index contributed by atoms with van der Waals surface area (Å²) in [6, 6.07) is 11.9. The average molecular weight is 536 g/mol. The number of anilines is 2. The van der Waals surface area contributed by atoms with Crippen LogP contribution in [0, 0.1) is 0 Å². The minimum Gasteiger partial charge on any atom is -0.354 e. The summed E-state index contributed by atoms with van der Waals surface area (Å²) in [5.74, 6) is 0.937. The van der Waals surface area contributed by atoms with Crippen molar-refractivity contribution in [2.24, 2.45) is 0 Å². The lowest BCUT2D eigenvalue weighted by molar-refractivity contribution is 0.0963. The number of Topliss-reactive ketones (excluding diaryl/α,β-unsaturated/α-hetero) is 1. The molecule has 1 spiro atoms. The second kappa shape index (κ2) is 9.83. The molecule has 2 aliphatic heterocycles. The monoisotopic (exact) mass is 535 g/mol. The van der Waals surface area contributed by atoms with Gasteiger partial charge in [-0.15, -0.1) is 0 Å². The maximum absolute atomic E-state index is 13.2. The molecule has 1 aliphatic carbocycles. The lowest BCUT2D eigenvalue weighted by atomic mass is 9.74. The van der Waals surface area contributed by atoms with Gasteiger partial charge >= 0.3 is 0 Å². The van der Waals surface area contributed by atoms with E-state index in [1.54, 1.807) is 12.4 Å². The van der Waals surface area contributed by atoms with E-state index in [4.69, 9.17) is 0 Å². The van der Waals surface area contributed by atoms with Crippen LogP contribution in [0.15, 0.2) is 55.0 Å². The molecular weight excluding hydrogens is 502 g/mol. The Bertz CT molecular complexity index is 1600. The Kier molecular flexibility index (Phi) is 6.13. The Balaban J connectivity index is 1.14. The first-order valence-electron chi connectivity index (χ1n) is 14.1. The molecule has 40 heavy (non-hydrogen) atoms. The number of likely N-dealkylation sites (N-methyl/N-ethyl adjacent to an activating group) is 1. The molecule has 2 fully saturated rings. The van der Waals surface area contributed by atoms with Crippen LogP contribution in [0.5, 0.6) is 0 Å². The number of hydrogen-bond donors (Lipinski definition) is 3. The van der Waals surface area contributed by atoms with Crippen molar-refractivity contribution in [2.45, 2.75) is 24.7 Å². The van der Waals surface area contributed by atoms with Gasteiger partial charge in [0.2, 0.25) is 0 Å². The largest absolute Gasteiger partial charge is 0.354 e. The van der Waals surface area contributed by atoms with Gasteiger partial charge in [-0.25, -0.2) is 9.97 Å². The molecule has 3 N–H and O–H groups in total. The number of carbonyl (C=O) groups excluding carboxylic acids is 2. The Morgan fingerprint density at radius 2 is 1.80 bits per heavy atom. The number of aromatic nitrogens is 3. The van der Waals surface area contributed by atoms with Crippen molar-refractivity contribution in [2.75, 3.05) is 56.5 Å². The maximum Gasteiger partial charge on any atom is 0.257 e. The first-order valence-corrected chi connectivity index (χ1v) is 14.1. The van der Waals surface area contributed by atoms with Crippen molar-refractivity contribution in [1.29, 1.82) is 0 Å². The fourth-order valence-electron chi connectivity index (χ4n) is 6.50. The number of amides is 1. The number of hydrogen-bond acceptors (Lipinski definition) is 7. The van der Waals surface area contributed by atoms with Crippen molar-refractivity contribution in [1.82, 2.24) is 25.2 Å². The third-order valence-electron chi connectivity index (χ3n) is 8.89. The number of fused-ring (bicyclic) bond motifs is 3. The van der Waals surface area contributed by atoms with Gasteiger partial charge in [-0.2, -0.15) is 0 Å². The molecule has 9 nitrogen and oxygen atoms in total. The number of carbonyl (C=O) groups is 2. The molecule has 0 atom stereocenters. The van der Waals surface area contributed by atoms with Crippen molar-refractivity contribution < 1.29 is 9.59 Å². The van der Waals surface area contributed by atoms with E-state index in [0.717, 1.165) is 85.7 Å². The predicted molar refractivity (Wildman–Crippen MR) is 156 cm³/mol. The third kappa shape index (κ3) is 4.35. The summed E-state index contributed by atoms with van der Waals surface area (Å²) in [4.78, 5) is 43.0. The Labute approximate surface area is 233 Å². The van der Waals surface area contributed by atoms with Gasteiger partial charge in [-0.3, -0.25) is 9.59 Å². The molecule has 7 rings (SSSR count). The van der Waals surface area contributed by atoms with Crippen LogP contribution in [-0.2, 0) is 5.41 Å². The molecule has 0 unspecified atom stereocenters. The molecule has 2 saturated heterocycles. The van der Waals surface area contributed by atoms with E-state index >= 15 is 0 Å². The highest BCUT2D eigenvalue weighted by Crippen LogP contribution is 2.46. The molecule has 1 amide bonds. The van der Waals surface area contributed by atoms with E-state index in [1.165, 1.54) is 5.56 Å².